The average Bonchev–Trinajstić information content (AvgIpc) is 2.91. The molecule has 1 unspecified atom stereocenters. The zero-order valence-corrected chi connectivity index (χ0v) is 18.8. The Bertz CT molecular complexity index is 1120. The van der Waals surface area contributed by atoms with E-state index in [1.165, 1.54) is 29.1 Å². The van der Waals surface area contributed by atoms with Crippen molar-refractivity contribution in [2.75, 3.05) is 13.1 Å². The second kappa shape index (κ2) is 7.95. The number of nitrogens with zero attached hydrogens (tertiary/aromatic N) is 2. The Morgan fingerprint density at radius 2 is 2.10 bits per heavy atom. The highest BCUT2D eigenvalue weighted by Gasteiger charge is 2.33. The molecule has 1 amide bonds. The van der Waals surface area contributed by atoms with Gasteiger partial charge in [0.2, 0.25) is 5.91 Å². The predicted molar refractivity (Wildman–Crippen MR) is 120 cm³/mol. The highest BCUT2D eigenvalue weighted by molar-refractivity contribution is 8.03. The summed E-state index contributed by atoms with van der Waals surface area (Å²) >= 11 is 1.37. The number of nitrogens with one attached hydrogen (secondary N) is 2. The average molecular weight is 425 g/mol. The van der Waals surface area contributed by atoms with Gasteiger partial charge in [0.1, 0.15) is 10.9 Å². The lowest BCUT2D eigenvalue weighted by atomic mass is 9.97. The number of rotatable bonds is 4. The van der Waals surface area contributed by atoms with Gasteiger partial charge in [-0.15, -0.1) is 0 Å². The molecule has 1 fully saturated rings. The summed E-state index contributed by atoms with van der Waals surface area (Å²) < 4.78 is 0. The van der Waals surface area contributed by atoms with E-state index in [1.807, 2.05) is 0 Å². The Hall–Kier alpha value is -2.54. The third kappa shape index (κ3) is 3.55. The van der Waals surface area contributed by atoms with Crippen LogP contribution < -0.4 is 16.0 Å². The first-order valence-electron chi connectivity index (χ1n) is 10.4. The number of hydrogen-bond acceptors (Lipinski definition) is 5. The van der Waals surface area contributed by atoms with Gasteiger partial charge in [-0.3, -0.25) is 9.59 Å². The predicted octanol–water partition coefficient (Wildman–Crippen LogP) is 2.07. The molecule has 2 N–H and O–H groups in total. The van der Waals surface area contributed by atoms with Crippen LogP contribution in [0, 0.1) is 12.8 Å². The second-order valence-electron chi connectivity index (χ2n) is 8.20. The van der Waals surface area contributed by atoms with E-state index in [-0.39, 0.29) is 23.5 Å². The van der Waals surface area contributed by atoms with Crippen molar-refractivity contribution in [2.45, 2.75) is 45.9 Å². The van der Waals surface area contributed by atoms with E-state index in [1.54, 1.807) is 13.0 Å². The first-order valence-corrected chi connectivity index (χ1v) is 11.3. The van der Waals surface area contributed by atoms with Crippen molar-refractivity contribution < 1.29 is 9.59 Å². The summed E-state index contributed by atoms with van der Waals surface area (Å²) in [5.41, 5.74) is 5.85. The minimum absolute atomic E-state index is 0.0987. The molecule has 1 saturated heterocycles. The van der Waals surface area contributed by atoms with E-state index in [0.29, 0.717) is 16.5 Å². The molecule has 1 atom stereocenters. The summed E-state index contributed by atoms with van der Waals surface area (Å²) in [6, 6.07) is 0. The van der Waals surface area contributed by atoms with Gasteiger partial charge in [-0.2, -0.15) is 0 Å². The van der Waals surface area contributed by atoms with Gasteiger partial charge in [-0.1, -0.05) is 38.3 Å². The monoisotopic (exact) mass is 424 g/mol. The van der Waals surface area contributed by atoms with E-state index in [2.05, 4.69) is 42.6 Å². The topological polar surface area (TPSA) is 77.6 Å². The number of ketones is 1. The van der Waals surface area contributed by atoms with Gasteiger partial charge in [-0.05, 0) is 31.7 Å². The number of thioether (sulfide) groups is 1. The molecule has 1 aromatic rings. The Balaban J connectivity index is 1.74. The molecule has 0 saturated carbocycles. The molecule has 0 bridgehead atoms. The van der Waals surface area contributed by atoms with Crippen molar-refractivity contribution in [1.29, 1.82) is 0 Å². The summed E-state index contributed by atoms with van der Waals surface area (Å²) in [5, 5.41) is 4.22. The van der Waals surface area contributed by atoms with Crippen molar-refractivity contribution in [3.05, 3.63) is 56.9 Å². The molecule has 3 aliphatic rings. The molecular weight excluding hydrogens is 396 g/mol. The van der Waals surface area contributed by atoms with E-state index >= 15 is 0 Å². The van der Waals surface area contributed by atoms with Crippen LogP contribution in [0.25, 0.3) is 5.70 Å². The van der Waals surface area contributed by atoms with Crippen molar-refractivity contribution in [2.24, 2.45) is 10.9 Å². The Morgan fingerprint density at radius 3 is 2.73 bits per heavy atom. The zero-order valence-electron chi connectivity index (χ0n) is 18.0. The van der Waals surface area contributed by atoms with Crippen LogP contribution >= 0.6 is 11.8 Å². The van der Waals surface area contributed by atoms with Gasteiger partial charge >= 0.3 is 0 Å². The van der Waals surface area contributed by atoms with E-state index in [9.17, 15) is 9.59 Å². The summed E-state index contributed by atoms with van der Waals surface area (Å²) in [6.07, 6.45) is 4.21. The van der Waals surface area contributed by atoms with Crippen LogP contribution in [0.15, 0.2) is 39.9 Å². The number of aromatic nitrogens is 1. The second-order valence-corrected chi connectivity index (χ2v) is 9.32. The fourth-order valence-corrected chi connectivity index (χ4v) is 5.30. The zero-order chi connectivity index (χ0) is 21.6. The van der Waals surface area contributed by atoms with Gasteiger partial charge < -0.3 is 15.2 Å². The van der Waals surface area contributed by atoms with E-state index in [4.69, 9.17) is 4.99 Å². The normalized spacial score (nSPS) is 23.6. The molecule has 0 aromatic carbocycles. The maximum atomic E-state index is 12.5. The summed E-state index contributed by atoms with van der Waals surface area (Å²) in [5.74, 6) is 0.342. The molecule has 7 heteroatoms. The van der Waals surface area contributed by atoms with Gasteiger partial charge in [0, 0.05) is 41.2 Å². The number of amides is 1. The van der Waals surface area contributed by atoms with Crippen LogP contribution in [0.3, 0.4) is 0 Å². The molecule has 158 valence electrons. The number of H-pyrrole nitrogens is 1. The fourth-order valence-electron chi connectivity index (χ4n) is 4.30. The van der Waals surface area contributed by atoms with Gasteiger partial charge in [0.05, 0.1) is 17.1 Å². The number of aromatic amines is 1. The fraction of sp³-hybridized carbons (Fsp3) is 0.435. The lowest BCUT2D eigenvalue weighted by Gasteiger charge is -2.42. The largest absolute Gasteiger partial charge is 0.370 e. The lowest BCUT2D eigenvalue weighted by Crippen LogP contribution is -2.50. The van der Waals surface area contributed by atoms with Crippen molar-refractivity contribution in [1.82, 2.24) is 15.2 Å². The van der Waals surface area contributed by atoms with Crippen LogP contribution in [0.4, 0.5) is 0 Å². The minimum Gasteiger partial charge on any atom is -0.370 e. The third-order valence-electron chi connectivity index (χ3n) is 5.93. The smallest absolute Gasteiger partial charge is 0.229 e. The highest BCUT2D eigenvalue weighted by Crippen LogP contribution is 2.35. The molecule has 6 nitrogen and oxygen atoms in total. The SMILES string of the molecule is C=C1C(N2CC(C)C2)=c2c(C)c(CC)[nH]c2=NC1SC1=CC(=O)C(=CC)CC(=O)N1. The standard InChI is InChI=1S/C23H28N4O2S/c1-6-15-8-18(29)25-19(9-17(15)28)30-23-14(5)21(27-10-12(3)11-27)20-13(4)16(7-2)24-22(20)26-23/h6,9,12,23H,5,7-8,10-11H2,1-4H3,(H,24,26)(H,25,29). The number of likely N-dealkylation sites (tertiary alicyclic amines) is 1. The first-order chi connectivity index (χ1) is 14.3. The molecule has 0 radical (unpaired) electrons. The Morgan fingerprint density at radius 1 is 1.37 bits per heavy atom. The minimum atomic E-state index is -0.308. The van der Waals surface area contributed by atoms with Crippen LogP contribution in [0.2, 0.25) is 0 Å². The number of allylic oxidation sites excluding steroid dienone is 2. The molecule has 4 rings (SSSR count). The Kier molecular flexibility index (Phi) is 5.49. The molecule has 1 aromatic heterocycles. The van der Waals surface area contributed by atoms with E-state index < -0.39 is 0 Å². The van der Waals surface area contributed by atoms with Gasteiger partial charge in [-0.25, -0.2) is 4.99 Å². The summed E-state index contributed by atoms with van der Waals surface area (Å²) in [6.45, 7) is 14.7. The van der Waals surface area contributed by atoms with Crippen LogP contribution in [-0.2, 0) is 16.0 Å². The first kappa shape index (κ1) is 20.7. The molecule has 0 spiro atoms. The van der Waals surface area contributed by atoms with Crippen LogP contribution in [0.1, 0.15) is 38.4 Å². The number of hydrogen-bond donors (Lipinski definition) is 2. The van der Waals surface area contributed by atoms with Crippen molar-refractivity contribution in [3.63, 3.8) is 0 Å². The summed E-state index contributed by atoms with van der Waals surface area (Å²) in [4.78, 5) is 35.5. The van der Waals surface area contributed by atoms with Crippen molar-refractivity contribution >= 4 is 29.1 Å². The van der Waals surface area contributed by atoms with Crippen molar-refractivity contribution in [3.8, 4) is 0 Å². The van der Waals surface area contributed by atoms with Gasteiger partial charge in [0.15, 0.2) is 5.78 Å². The maximum Gasteiger partial charge on any atom is 0.229 e. The highest BCUT2D eigenvalue weighted by atomic mass is 32.2. The quantitative estimate of drug-likeness (QED) is 0.726. The molecule has 3 aliphatic heterocycles. The molecular formula is C23H28N4O2S. The maximum absolute atomic E-state index is 12.5. The number of carbonyl (C=O) groups excluding carboxylic acids is 2. The Labute approximate surface area is 180 Å². The van der Waals surface area contributed by atoms with Crippen LogP contribution in [-0.4, -0.2) is 40.0 Å². The molecule has 4 heterocycles. The number of carbonyl (C=O) groups is 2. The number of aryl methyl sites for hydroxylation is 1. The van der Waals surface area contributed by atoms with E-state index in [0.717, 1.165) is 41.5 Å². The number of fused-ring (bicyclic) bond motifs is 1. The van der Waals surface area contributed by atoms with Crippen LogP contribution in [0.5, 0.6) is 0 Å². The summed E-state index contributed by atoms with van der Waals surface area (Å²) in [7, 11) is 0. The molecule has 0 aliphatic carbocycles. The molecule has 30 heavy (non-hydrogen) atoms. The van der Waals surface area contributed by atoms with Gasteiger partial charge in [0.25, 0.3) is 0 Å². The lowest BCUT2D eigenvalue weighted by molar-refractivity contribution is -0.120. The third-order valence-corrected chi connectivity index (χ3v) is 7.02.